The van der Waals surface area contributed by atoms with Gasteiger partial charge < -0.3 is 26.2 Å². The van der Waals surface area contributed by atoms with E-state index in [2.05, 4.69) is 5.32 Å². The van der Waals surface area contributed by atoms with E-state index in [1.165, 1.54) is 11.8 Å². The lowest BCUT2D eigenvalue weighted by Crippen LogP contribution is -2.58. The topological polar surface area (TPSA) is 133 Å². The number of hydrogen-bond acceptors (Lipinski definition) is 5. The van der Waals surface area contributed by atoms with Gasteiger partial charge >= 0.3 is 5.97 Å². The lowest BCUT2D eigenvalue weighted by Gasteiger charge is -2.29. The molecule has 0 saturated carbocycles. The van der Waals surface area contributed by atoms with Gasteiger partial charge in [-0.1, -0.05) is 13.8 Å². The molecular formula is C15H27N3O5. The number of likely N-dealkylation sites (tertiary alicyclic amines) is 1. The van der Waals surface area contributed by atoms with Crippen LogP contribution in [0.4, 0.5) is 0 Å². The molecule has 5 N–H and O–H groups in total. The Labute approximate surface area is 136 Å². The van der Waals surface area contributed by atoms with Crippen LogP contribution in [0.25, 0.3) is 0 Å². The predicted octanol–water partition coefficient (Wildman–Crippen LogP) is -0.699. The molecule has 2 amide bonds. The minimum absolute atomic E-state index is 0.214. The van der Waals surface area contributed by atoms with Crippen molar-refractivity contribution in [1.82, 2.24) is 10.2 Å². The Balaban J connectivity index is 2.80. The number of nitrogens with zero attached hydrogens (tertiary/aromatic N) is 1. The molecule has 23 heavy (non-hydrogen) atoms. The molecule has 4 atom stereocenters. The lowest BCUT2D eigenvalue weighted by molar-refractivity contribution is -0.150. The quantitative estimate of drug-likeness (QED) is 0.488. The van der Waals surface area contributed by atoms with Crippen LogP contribution in [-0.4, -0.2) is 63.7 Å². The molecule has 8 heteroatoms. The van der Waals surface area contributed by atoms with Gasteiger partial charge in [-0.2, -0.15) is 0 Å². The maximum Gasteiger partial charge on any atom is 0.326 e. The van der Waals surface area contributed by atoms with Crippen molar-refractivity contribution in [2.24, 2.45) is 11.7 Å². The Bertz CT molecular complexity index is 452. The molecule has 1 rings (SSSR count). The van der Waals surface area contributed by atoms with Gasteiger partial charge in [0.15, 0.2) is 0 Å². The first kappa shape index (κ1) is 19.4. The largest absolute Gasteiger partial charge is 0.480 e. The molecule has 0 aromatic heterocycles. The van der Waals surface area contributed by atoms with Crippen LogP contribution in [0.3, 0.4) is 0 Å². The van der Waals surface area contributed by atoms with E-state index in [0.29, 0.717) is 25.8 Å². The normalized spacial score (nSPS) is 21.8. The van der Waals surface area contributed by atoms with Crippen LogP contribution in [0.5, 0.6) is 0 Å². The Hall–Kier alpha value is -1.67. The molecule has 132 valence electrons. The number of carbonyl (C=O) groups excluding carboxylic acids is 2. The Morgan fingerprint density at radius 2 is 1.91 bits per heavy atom. The monoisotopic (exact) mass is 329 g/mol. The van der Waals surface area contributed by atoms with Gasteiger partial charge in [0.2, 0.25) is 11.8 Å². The van der Waals surface area contributed by atoms with Crippen LogP contribution < -0.4 is 11.1 Å². The summed E-state index contributed by atoms with van der Waals surface area (Å²) in [6, 6.07) is -2.89. The first-order valence-electron chi connectivity index (χ1n) is 7.92. The summed E-state index contributed by atoms with van der Waals surface area (Å²) < 4.78 is 0. The maximum absolute atomic E-state index is 12.5. The van der Waals surface area contributed by atoms with Gasteiger partial charge in [0.1, 0.15) is 12.1 Å². The average Bonchev–Trinajstić information content (AvgIpc) is 2.92. The highest BCUT2D eigenvalue weighted by Crippen LogP contribution is 2.19. The molecule has 1 fully saturated rings. The second-order valence-corrected chi connectivity index (χ2v) is 6.49. The highest BCUT2D eigenvalue weighted by atomic mass is 16.4. The number of aliphatic hydroxyl groups excluding tert-OH is 1. The fourth-order valence-corrected chi connectivity index (χ4v) is 2.73. The number of rotatable bonds is 7. The molecule has 0 radical (unpaired) electrons. The number of nitrogens with two attached hydrogens (primary N) is 1. The van der Waals surface area contributed by atoms with E-state index in [9.17, 15) is 19.5 Å². The minimum atomic E-state index is -1.19. The number of amides is 2. The zero-order valence-electron chi connectivity index (χ0n) is 13.9. The highest BCUT2D eigenvalue weighted by molar-refractivity contribution is 5.92. The second kappa shape index (κ2) is 8.26. The van der Waals surface area contributed by atoms with Gasteiger partial charge in [-0.05, 0) is 32.1 Å². The van der Waals surface area contributed by atoms with Crippen molar-refractivity contribution in [1.29, 1.82) is 0 Å². The SMILES string of the molecule is CC(C)C[C@H](N)C(=O)N[C@H](C(=O)N1CCC[C@H]1C(=O)O)[C@@H](C)O. The maximum atomic E-state index is 12.5. The summed E-state index contributed by atoms with van der Waals surface area (Å²) in [5.41, 5.74) is 5.78. The third kappa shape index (κ3) is 5.18. The van der Waals surface area contributed by atoms with Gasteiger partial charge in [0.05, 0.1) is 12.1 Å². The molecule has 1 aliphatic rings. The molecule has 8 nitrogen and oxygen atoms in total. The number of nitrogens with one attached hydrogen (secondary N) is 1. The molecule has 0 aromatic rings. The third-order valence-corrected chi connectivity index (χ3v) is 3.93. The van der Waals surface area contributed by atoms with E-state index < -0.39 is 42.0 Å². The van der Waals surface area contributed by atoms with Crippen LogP contribution >= 0.6 is 0 Å². The summed E-state index contributed by atoms with van der Waals surface area (Å²) in [6.45, 7) is 5.52. The Morgan fingerprint density at radius 3 is 2.39 bits per heavy atom. The molecule has 0 unspecified atom stereocenters. The van der Waals surface area contributed by atoms with E-state index in [1.807, 2.05) is 13.8 Å². The fourth-order valence-electron chi connectivity index (χ4n) is 2.73. The minimum Gasteiger partial charge on any atom is -0.480 e. The summed E-state index contributed by atoms with van der Waals surface area (Å²) in [5, 5.41) is 21.4. The van der Waals surface area contributed by atoms with Gasteiger partial charge in [-0.15, -0.1) is 0 Å². The van der Waals surface area contributed by atoms with E-state index >= 15 is 0 Å². The number of carboxylic acid groups (broad SMARTS) is 1. The first-order valence-corrected chi connectivity index (χ1v) is 7.92. The molecule has 0 aliphatic carbocycles. The van der Waals surface area contributed by atoms with Crippen molar-refractivity contribution in [3.05, 3.63) is 0 Å². The lowest BCUT2D eigenvalue weighted by atomic mass is 10.0. The highest BCUT2D eigenvalue weighted by Gasteiger charge is 2.39. The van der Waals surface area contributed by atoms with Gasteiger partial charge in [0.25, 0.3) is 0 Å². The number of aliphatic carboxylic acids is 1. The van der Waals surface area contributed by atoms with Crippen molar-refractivity contribution in [3.8, 4) is 0 Å². The Kier molecular flexibility index (Phi) is 6.96. The smallest absolute Gasteiger partial charge is 0.326 e. The molecule has 1 saturated heterocycles. The van der Waals surface area contributed by atoms with Crippen LogP contribution in [-0.2, 0) is 14.4 Å². The summed E-state index contributed by atoms with van der Waals surface area (Å²) in [5.74, 6) is -1.98. The third-order valence-electron chi connectivity index (χ3n) is 3.93. The van der Waals surface area contributed by atoms with Crippen molar-refractivity contribution >= 4 is 17.8 Å². The molecule has 1 heterocycles. The summed E-state index contributed by atoms with van der Waals surface area (Å²) in [6.07, 6.45) is 0.256. The van der Waals surface area contributed by atoms with Gasteiger partial charge in [0, 0.05) is 6.54 Å². The van der Waals surface area contributed by atoms with Crippen molar-refractivity contribution < 1.29 is 24.6 Å². The zero-order chi connectivity index (χ0) is 17.7. The van der Waals surface area contributed by atoms with Gasteiger partial charge in [-0.3, -0.25) is 9.59 Å². The summed E-state index contributed by atoms with van der Waals surface area (Å²) in [4.78, 5) is 37.0. The van der Waals surface area contributed by atoms with Gasteiger partial charge in [-0.25, -0.2) is 4.79 Å². The van der Waals surface area contributed by atoms with E-state index in [0.717, 1.165) is 0 Å². The number of hydrogen-bond donors (Lipinski definition) is 4. The second-order valence-electron chi connectivity index (χ2n) is 6.49. The number of aliphatic hydroxyl groups is 1. The molecular weight excluding hydrogens is 302 g/mol. The molecule has 0 bridgehead atoms. The predicted molar refractivity (Wildman–Crippen MR) is 83.4 cm³/mol. The fraction of sp³-hybridized carbons (Fsp3) is 0.800. The summed E-state index contributed by atoms with van der Waals surface area (Å²) in [7, 11) is 0. The number of carbonyl (C=O) groups is 3. The van der Waals surface area contributed by atoms with Crippen molar-refractivity contribution in [3.63, 3.8) is 0 Å². The van der Waals surface area contributed by atoms with Crippen LogP contribution in [0.1, 0.15) is 40.0 Å². The first-order chi connectivity index (χ1) is 10.6. The van der Waals surface area contributed by atoms with E-state index in [-0.39, 0.29) is 5.92 Å². The molecule has 0 aromatic carbocycles. The summed E-state index contributed by atoms with van der Waals surface area (Å²) >= 11 is 0. The van der Waals surface area contributed by atoms with E-state index in [4.69, 9.17) is 10.8 Å². The average molecular weight is 329 g/mol. The van der Waals surface area contributed by atoms with Crippen LogP contribution in [0.15, 0.2) is 0 Å². The van der Waals surface area contributed by atoms with Crippen LogP contribution in [0, 0.1) is 5.92 Å². The van der Waals surface area contributed by atoms with Crippen molar-refractivity contribution in [2.75, 3.05) is 6.54 Å². The standard InChI is InChI=1S/C15H27N3O5/c1-8(2)7-10(16)13(20)17-12(9(3)19)14(21)18-6-4-5-11(18)15(22)23/h8-12,19H,4-7,16H2,1-3H3,(H,17,20)(H,22,23)/t9-,10+,11+,12+/m1/s1. The molecule has 0 spiro atoms. The van der Waals surface area contributed by atoms with Crippen LogP contribution in [0.2, 0.25) is 0 Å². The molecule has 1 aliphatic heterocycles. The number of carboxylic acids is 1. The Morgan fingerprint density at radius 1 is 1.30 bits per heavy atom. The van der Waals surface area contributed by atoms with Crippen molar-refractivity contribution in [2.45, 2.75) is 64.3 Å². The van der Waals surface area contributed by atoms with E-state index in [1.54, 1.807) is 0 Å². The zero-order valence-corrected chi connectivity index (χ0v) is 13.9.